The molecule has 0 N–H and O–H groups in total. The van der Waals surface area contributed by atoms with Crippen LogP contribution in [0, 0.1) is 0 Å². The van der Waals surface area contributed by atoms with Gasteiger partial charge in [-0.05, 0) is 40.8 Å². The van der Waals surface area contributed by atoms with Gasteiger partial charge in [-0.3, -0.25) is 9.88 Å². The Balaban J connectivity index is 1.18. The summed E-state index contributed by atoms with van der Waals surface area (Å²) in [6, 6.07) is 22.7. The maximum Gasteiger partial charge on any atom is 0.410 e. The third kappa shape index (κ3) is 3.72. The van der Waals surface area contributed by atoms with Gasteiger partial charge in [0.05, 0.1) is 25.3 Å². The zero-order valence-corrected chi connectivity index (χ0v) is 18.4. The standard InChI is InChI=1S/C28H26N2O3/c31-28(33-18-27-25-10-3-1-8-23(25)24-9-2-4-11-26(24)27)30-21-14-19(15-22(30)17-32-16-21)13-20-7-5-6-12-29-20/h1-12,14,21-22,27H,13,15-18H2. The third-order valence-corrected chi connectivity index (χ3v) is 6.96. The summed E-state index contributed by atoms with van der Waals surface area (Å²) in [7, 11) is 0. The number of morpholine rings is 1. The number of carbonyl (C=O) groups is 1. The van der Waals surface area contributed by atoms with Crippen molar-refractivity contribution in [2.45, 2.75) is 30.8 Å². The lowest BCUT2D eigenvalue weighted by Crippen LogP contribution is -2.56. The third-order valence-electron chi connectivity index (χ3n) is 6.96. The minimum absolute atomic E-state index is 0.00288. The lowest BCUT2D eigenvalue weighted by Gasteiger charge is -2.43. The van der Waals surface area contributed by atoms with Gasteiger partial charge in [0, 0.05) is 24.2 Å². The van der Waals surface area contributed by atoms with E-state index < -0.39 is 0 Å². The summed E-state index contributed by atoms with van der Waals surface area (Å²) in [5.74, 6) is 0.0671. The molecule has 0 saturated carbocycles. The molecule has 5 heteroatoms. The van der Waals surface area contributed by atoms with Crippen LogP contribution in [0.1, 0.15) is 29.2 Å². The van der Waals surface area contributed by atoms with Crippen molar-refractivity contribution in [2.75, 3.05) is 19.8 Å². The van der Waals surface area contributed by atoms with Crippen molar-refractivity contribution in [3.05, 3.63) is 101 Å². The summed E-state index contributed by atoms with van der Waals surface area (Å²) in [4.78, 5) is 19.6. The van der Waals surface area contributed by atoms with Crippen molar-refractivity contribution >= 4 is 6.09 Å². The fourth-order valence-corrected chi connectivity index (χ4v) is 5.50. The van der Waals surface area contributed by atoms with Crippen molar-refractivity contribution in [3.8, 4) is 11.1 Å². The largest absolute Gasteiger partial charge is 0.448 e. The molecule has 1 amide bonds. The molecule has 1 aliphatic carbocycles. The van der Waals surface area contributed by atoms with Crippen LogP contribution < -0.4 is 0 Å². The predicted octanol–water partition coefficient (Wildman–Crippen LogP) is 4.97. The highest BCUT2D eigenvalue weighted by Gasteiger charge is 2.39. The minimum Gasteiger partial charge on any atom is -0.448 e. The van der Waals surface area contributed by atoms with Gasteiger partial charge >= 0.3 is 6.09 Å². The van der Waals surface area contributed by atoms with E-state index in [1.807, 2.05) is 29.3 Å². The first-order chi connectivity index (χ1) is 16.3. The monoisotopic (exact) mass is 438 g/mol. The zero-order valence-electron chi connectivity index (χ0n) is 18.4. The lowest BCUT2D eigenvalue weighted by molar-refractivity contribution is -0.0364. The number of hydrogen-bond acceptors (Lipinski definition) is 4. The number of rotatable bonds is 4. The summed E-state index contributed by atoms with van der Waals surface area (Å²) in [6.45, 7) is 1.39. The van der Waals surface area contributed by atoms with Crippen LogP contribution in [-0.2, 0) is 15.9 Å². The highest BCUT2D eigenvalue weighted by molar-refractivity contribution is 5.79. The average Bonchev–Trinajstić information content (AvgIpc) is 3.16. The van der Waals surface area contributed by atoms with Crippen molar-refractivity contribution in [3.63, 3.8) is 0 Å². The summed E-state index contributed by atoms with van der Waals surface area (Å²) >= 11 is 0. The Hall–Kier alpha value is -3.44. The number of ether oxygens (including phenoxy) is 2. The molecule has 2 bridgehead atoms. The predicted molar refractivity (Wildman–Crippen MR) is 126 cm³/mol. The Morgan fingerprint density at radius 1 is 0.970 bits per heavy atom. The first-order valence-corrected chi connectivity index (χ1v) is 11.6. The maximum absolute atomic E-state index is 13.3. The van der Waals surface area contributed by atoms with Crippen molar-refractivity contribution < 1.29 is 14.3 Å². The molecule has 1 saturated heterocycles. The van der Waals surface area contributed by atoms with E-state index in [4.69, 9.17) is 9.47 Å². The van der Waals surface area contributed by atoms with E-state index in [0.29, 0.717) is 19.8 Å². The Kier molecular flexibility index (Phi) is 5.19. The topological polar surface area (TPSA) is 51.7 Å². The molecule has 1 fully saturated rings. The summed E-state index contributed by atoms with van der Waals surface area (Å²) in [6.07, 6.45) is 5.35. The molecule has 6 rings (SSSR count). The van der Waals surface area contributed by atoms with Crippen LogP contribution in [0.3, 0.4) is 0 Å². The SMILES string of the molecule is O=C(OCC1c2ccccc2-c2ccccc21)N1C2C=C(Cc3ccccn3)CC1COC2. The van der Waals surface area contributed by atoms with Gasteiger partial charge in [0.25, 0.3) is 0 Å². The number of nitrogens with zero attached hydrogens (tertiary/aromatic N) is 2. The van der Waals surface area contributed by atoms with Crippen LogP contribution in [-0.4, -0.2) is 47.9 Å². The van der Waals surface area contributed by atoms with E-state index in [1.54, 1.807) is 0 Å². The second-order valence-electron chi connectivity index (χ2n) is 9.00. The second-order valence-corrected chi connectivity index (χ2v) is 9.00. The molecule has 3 aromatic rings. The Morgan fingerprint density at radius 3 is 2.39 bits per heavy atom. The van der Waals surface area contributed by atoms with E-state index in [-0.39, 0.29) is 24.1 Å². The maximum atomic E-state index is 13.3. The lowest BCUT2D eigenvalue weighted by atomic mass is 9.92. The van der Waals surface area contributed by atoms with E-state index >= 15 is 0 Å². The number of hydrogen-bond donors (Lipinski definition) is 0. The Labute approximate surface area is 193 Å². The van der Waals surface area contributed by atoms with E-state index in [0.717, 1.165) is 18.5 Å². The molecule has 33 heavy (non-hydrogen) atoms. The molecule has 1 aromatic heterocycles. The van der Waals surface area contributed by atoms with Gasteiger partial charge in [-0.2, -0.15) is 0 Å². The van der Waals surface area contributed by atoms with E-state index in [9.17, 15) is 4.79 Å². The molecule has 5 nitrogen and oxygen atoms in total. The van der Waals surface area contributed by atoms with Gasteiger partial charge < -0.3 is 9.47 Å². The highest BCUT2D eigenvalue weighted by atomic mass is 16.6. The molecular formula is C28H26N2O3. The van der Waals surface area contributed by atoms with Gasteiger partial charge in [0.2, 0.25) is 0 Å². The molecule has 0 radical (unpaired) electrons. The first kappa shape index (κ1) is 20.2. The van der Waals surface area contributed by atoms with Crippen molar-refractivity contribution in [1.29, 1.82) is 0 Å². The Morgan fingerprint density at radius 2 is 1.70 bits per heavy atom. The summed E-state index contributed by atoms with van der Waals surface area (Å²) in [5, 5.41) is 0. The smallest absolute Gasteiger partial charge is 0.410 e. The van der Waals surface area contributed by atoms with Gasteiger partial charge in [0.15, 0.2) is 0 Å². The van der Waals surface area contributed by atoms with Crippen molar-refractivity contribution in [2.24, 2.45) is 0 Å². The van der Waals surface area contributed by atoms with E-state index in [2.05, 4.69) is 59.6 Å². The molecule has 2 atom stereocenters. The zero-order chi connectivity index (χ0) is 22.2. The normalized spacial score (nSPS) is 21.2. The number of pyridine rings is 1. The molecule has 2 unspecified atom stereocenters. The molecule has 166 valence electrons. The number of benzene rings is 2. The quantitative estimate of drug-likeness (QED) is 0.540. The van der Waals surface area contributed by atoms with Gasteiger partial charge in [-0.25, -0.2) is 4.79 Å². The molecule has 2 aromatic carbocycles. The fraction of sp³-hybridized carbons (Fsp3) is 0.286. The van der Waals surface area contributed by atoms with Crippen LogP contribution in [0.15, 0.2) is 84.6 Å². The van der Waals surface area contributed by atoms with Crippen molar-refractivity contribution in [1.82, 2.24) is 9.88 Å². The second kappa shape index (κ2) is 8.49. The van der Waals surface area contributed by atoms with E-state index in [1.165, 1.54) is 27.8 Å². The van der Waals surface area contributed by atoms with Crippen LogP contribution in [0.2, 0.25) is 0 Å². The molecule has 3 aliphatic rings. The average molecular weight is 439 g/mol. The molecular weight excluding hydrogens is 412 g/mol. The first-order valence-electron chi connectivity index (χ1n) is 11.6. The molecule has 3 heterocycles. The number of carbonyl (C=O) groups excluding carboxylic acids is 1. The number of aromatic nitrogens is 1. The molecule has 0 spiro atoms. The highest BCUT2D eigenvalue weighted by Crippen LogP contribution is 2.44. The minimum atomic E-state index is -0.247. The fourth-order valence-electron chi connectivity index (χ4n) is 5.50. The summed E-state index contributed by atoms with van der Waals surface area (Å²) in [5.41, 5.74) is 7.29. The summed E-state index contributed by atoms with van der Waals surface area (Å²) < 4.78 is 11.7. The van der Waals surface area contributed by atoms with Gasteiger partial charge in [-0.1, -0.05) is 66.2 Å². The molecule has 2 aliphatic heterocycles. The number of fused-ring (bicyclic) bond motifs is 5. The van der Waals surface area contributed by atoms with Gasteiger partial charge in [-0.15, -0.1) is 0 Å². The van der Waals surface area contributed by atoms with Crippen LogP contribution >= 0.6 is 0 Å². The Bertz CT molecular complexity index is 1160. The van der Waals surface area contributed by atoms with Gasteiger partial charge in [0.1, 0.15) is 6.61 Å². The van der Waals surface area contributed by atoms with Crippen LogP contribution in [0.5, 0.6) is 0 Å². The number of amides is 1. The van der Waals surface area contributed by atoms with Crippen LogP contribution in [0.25, 0.3) is 11.1 Å². The van der Waals surface area contributed by atoms with Crippen LogP contribution in [0.4, 0.5) is 4.79 Å².